The quantitative estimate of drug-likeness (QED) is 0.745. The van der Waals surface area contributed by atoms with Gasteiger partial charge in [-0.25, -0.2) is 4.79 Å². The van der Waals surface area contributed by atoms with Crippen LogP contribution in [0.5, 0.6) is 0 Å². The van der Waals surface area contributed by atoms with Gasteiger partial charge in [-0.1, -0.05) is 18.2 Å². The second-order valence-corrected chi connectivity index (χ2v) is 2.90. The number of halogens is 1. The third-order valence-electron chi connectivity index (χ3n) is 1.98. The number of nitrogens with one attached hydrogen (secondary N) is 1. The minimum atomic E-state index is -1.21. The van der Waals surface area contributed by atoms with E-state index < -0.39 is 11.5 Å². The largest absolute Gasteiger partial charge is 0.477 e. The summed E-state index contributed by atoms with van der Waals surface area (Å²) in [5.74, 6) is -1.21. The zero-order valence-corrected chi connectivity index (χ0v) is 7.56. The highest BCUT2D eigenvalue weighted by Crippen LogP contribution is 2.09. The molecule has 78 valence electrons. The van der Waals surface area contributed by atoms with Crippen molar-refractivity contribution < 1.29 is 14.6 Å². The second-order valence-electron chi connectivity index (χ2n) is 2.90. The maximum Gasteiger partial charge on any atom is 0.341 e. The van der Waals surface area contributed by atoms with Crippen LogP contribution in [0.25, 0.3) is 10.9 Å². The van der Waals surface area contributed by atoms with Crippen molar-refractivity contribution in [3.05, 3.63) is 46.2 Å². The predicted molar refractivity (Wildman–Crippen MR) is 54.0 cm³/mol. The third-order valence-corrected chi connectivity index (χ3v) is 1.98. The topological polar surface area (TPSA) is 70.2 Å². The molecule has 0 saturated heterocycles. The van der Waals surface area contributed by atoms with Gasteiger partial charge in [-0.05, 0) is 17.5 Å². The standard InChI is InChI=1S/C10H7NO3.FH/c12-9-7(10(13)14)5-6-3-1-2-4-8(6)11-9;/h1-5H,(H,11,12)(H,13,14);1H. The Morgan fingerprint density at radius 2 is 1.93 bits per heavy atom. The Hall–Kier alpha value is -2.17. The summed E-state index contributed by atoms with van der Waals surface area (Å²) in [7, 11) is 0. The van der Waals surface area contributed by atoms with Crippen molar-refractivity contribution in [3.8, 4) is 0 Å². The lowest BCUT2D eigenvalue weighted by molar-refractivity contribution is 0.0695. The number of hydrogen-bond donors (Lipinski definition) is 2. The van der Waals surface area contributed by atoms with Crippen LogP contribution in [0, 0.1) is 0 Å². The van der Waals surface area contributed by atoms with Gasteiger partial charge in [-0.3, -0.25) is 9.50 Å². The summed E-state index contributed by atoms with van der Waals surface area (Å²) in [6, 6.07) is 8.40. The molecule has 0 aliphatic carbocycles. The fourth-order valence-electron chi connectivity index (χ4n) is 1.31. The predicted octanol–water partition coefficient (Wildman–Crippen LogP) is 1.38. The summed E-state index contributed by atoms with van der Waals surface area (Å²) in [6.07, 6.45) is 0. The number of carboxylic acid groups (broad SMARTS) is 1. The van der Waals surface area contributed by atoms with Crippen molar-refractivity contribution >= 4 is 16.9 Å². The molecule has 15 heavy (non-hydrogen) atoms. The van der Waals surface area contributed by atoms with Crippen LogP contribution in [0.3, 0.4) is 0 Å². The lowest BCUT2D eigenvalue weighted by Gasteiger charge is -1.98. The third kappa shape index (κ3) is 1.85. The summed E-state index contributed by atoms with van der Waals surface area (Å²) in [5.41, 5.74) is -0.164. The first-order chi connectivity index (χ1) is 6.68. The first kappa shape index (κ1) is 10.9. The minimum Gasteiger partial charge on any atom is -0.477 e. The van der Waals surface area contributed by atoms with Gasteiger partial charge < -0.3 is 10.1 Å². The first-order valence-electron chi connectivity index (χ1n) is 4.04. The Morgan fingerprint density at radius 1 is 1.27 bits per heavy atom. The van der Waals surface area contributed by atoms with Gasteiger partial charge in [0.1, 0.15) is 5.56 Å². The number of pyridine rings is 1. The normalized spacial score (nSPS) is 9.60. The molecule has 0 radical (unpaired) electrons. The maximum atomic E-state index is 11.2. The van der Waals surface area contributed by atoms with E-state index >= 15 is 0 Å². The van der Waals surface area contributed by atoms with Crippen LogP contribution in [-0.4, -0.2) is 16.1 Å². The van der Waals surface area contributed by atoms with Crippen LogP contribution in [0.1, 0.15) is 10.4 Å². The molecule has 4 nitrogen and oxygen atoms in total. The molecule has 2 rings (SSSR count). The molecule has 1 aromatic carbocycles. The van der Waals surface area contributed by atoms with Crippen LogP contribution in [0.2, 0.25) is 0 Å². The van der Waals surface area contributed by atoms with Crippen molar-refractivity contribution in [2.45, 2.75) is 0 Å². The average Bonchev–Trinajstić information content (AvgIpc) is 2.16. The molecule has 1 heterocycles. The molecule has 5 heteroatoms. The van der Waals surface area contributed by atoms with Crippen LogP contribution in [0.4, 0.5) is 4.70 Å². The highest BCUT2D eigenvalue weighted by molar-refractivity contribution is 5.92. The van der Waals surface area contributed by atoms with Crippen LogP contribution in [-0.2, 0) is 0 Å². The molecular formula is C10H8FNO3. The van der Waals surface area contributed by atoms with Gasteiger partial charge in [0.05, 0.1) is 0 Å². The van der Waals surface area contributed by atoms with Gasteiger partial charge in [0.25, 0.3) is 5.56 Å². The molecule has 0 aliphatic rings. The summed E-state index contributed by atoms with van der Waals surface area (Å²) in [4.78, 5) is 24.4. The molecule has 0 bridgehead atoms. The number of aromatic carboxylic acids is 1. The highest BCUT2D eigenvalue weighted by atomic mass is 19.0. The number of hydrogen-bond acceptors (Lipinski definition) is 2. The van der Waals surface area contributed by atoms with Crippen molar-refractivity contribution in [1.82, 2.24) is 4.98 Å². The van der Waals surface area contributed by atoms with Gasteiger partial charge >= 0.3 is 5.97 Å². The summed E-state index contributed by atoms with van der Waals surface area (Å²) < 4.78 is 0. The smallest absolute Gasteiger partial charge is 0.341 e. The molecule has 0 amide bonds. The summed E-state index contributed by atoms with van der Waals surface area (Å²) in [6.45, 7) is 0. The Morgan fingerprint density at radius 3 is 2.60 bits per heavy atom. The van der Waals surface area contributed by atoms with Gasteiger partial charge in [0.2, 0.25) is 0 Å². The average molecular weight is 209 g/mol. The van der Waals surface area contributed by atoms with Gasteiger partial charge in [0, 0.05) is 5.52 Å². The maximum absolute atomic E-state index is 11.2. The van der Waals surface area contributed by atoms with E-state index in [1.807, 2.05) is 0 Å². The second kappa shape index (κ2) is 3.91. The van der Waals surface area contributed by atoms with Crippen molar-refractivity contribution in [1.29, 1.82) is 0 Å². The Labute approximate surface area is 83.5 Å². The van der Waals surface area contributed by atoms with Gasteiger partial charge in [-0.2, -0.15) is 0 Å². The Kier molecular flexibility index (Phi) is 2.85. The van der Waals surface area contributed by atoms with Gasteiger partial charge in [-0.15, -0.1) is 0 Å². The zero-order chi connectivity index (χ0) is 10.1. The zero-order valence-electron chi connectivity index (χ0n) is 7.56. The van der Waals surface area contributed by atoms with Crippen LogP contribution < -0.4 is 5.56 Å². The molecule has 0 atom stereocenters. The van der Waals surface area contributed by atoms with E-state index in [2.05, 4.69) is 4.98 Å². The fourth-order valence-corrected chi connectivity index (χ4v) is 1.31. The number of para-hydroxylation sites is 1. The number of benzene rings is 1. The lowest BCUT2D eigenvalue weighted by Crippen LogP contribution is -2.16. The van der Waals surface area contributed by atoms with Crippen molar-refractivity contribution in [2.24, 2.45) is 0 Å². The number of aromatic amines is 1. The summed E-state index contributed by atoms with van der Waals surface area (Å²) in [5, 5.41) is 9.42. The SMILES string of the molecule is F.O=C(O)c1cc2ccccc2[nH]c1=O. The fraction of sp³-hybridized carbons (Fsp3) is 0. The minimum absolute atomic E-state index is 0. The molecule has 0 fully saturated rings. The van der Waals surface area contributed by atoms with Crippen molar-refractivity contribution in [2.75, 3.05) is 0 Å². The van der Waals surface area contributed by atoms with Crippen molar-refractivity contribution in [3.63, 3.8) is 0 Å². The molecule has 0 unspecified atom stereocenters. The molecule has 1 aromatic heterocycles. The van der Waals surface area contributed by atoms with E-state index in [4.69, 9.17) is 5.11 Å². The van der Waals surface area contributed by atoms with E-state index in [1.54, 1.807) is 24.3 Å². The highest BCUT2D eigenvalue weighted by Gasteiger charge is 2.08. The summed E-state index contributed by atoms with van der Waals surface area (Å²) >= 11 is 0. The molecule has 0 spiro atoms. The van der Waals surface area contributed by atoms with E-state index in [1.165, 1.54) is 6.07 Å². The molecular weight excluding hydrogens is 201 g/mol. The molecule has 0 aliphatic heterocycles. The number of aromatic nitrogens is 1. The van der Waals surface area contributed by atoms with Gasteiger partial charge in [0.15, 0.2) is 0 Å². The molecule has 2 aromatic rings. The number of carboxylic acids is 1. The van der Waals surface area contributed by atoms with E-state index in [-0.39, 0.29) is 10.3 Å². The lowest BCUT2D eigenvalue weighted by atomic mass is 10.1. The number of rotatable bonds is 1. The van der Waals surface area contributed by atoms with E-state index in [9.17, 15) is 9.59 Å². The number of fused-ring (bicyclic) bond motifs is 1. The van der Waals surface area contributed by atoms with Crippen LogP contribution in [0.15, 0.2) is 35.1 Å². The molecule has 0 saturated carbocycles. The Bertz CT molecular complexity index is 562. The first-order valence-corrected chi connectivity index (χ1v) is 4.04. The monoisotopic (exact) mass is 209 g/mol. The van der Waals surface area contributed by atoms with E-state index in [0.717, 1.165) is 0 Å². The van der Waals surface area contributed by atoms with Crippen LogP contribution >= 0.6 is 0 Å². The number of carbonyl (C=O) groups is 1. The Balaban J connectivity index is 0.00000112. The number of H-pyrrole nitrogens is 1. The molecule has 2 N–H and O–H groups in total. The van der Waals surface area contributed by atoms with E-state index in [0.29, 0.717) is 10.9 Å².